The van der Waals surface area contributed by atoms with E-state index in [0.29, 0.717) is 24.4 Å². The van der Waals surface area contributed by atoms with Gasteiger partial charge in [-0.1, -0.05) is 6.42 Å². The average Bonchev–Trinajstić information content (AvgIpc) is 2.81. The number of carbonyl (C=O) groups excluding carboxylic acids is 1. The minimum absolute atomic E-state index is 0.173. The topological polar surface area (TPSA) is 55.1 Å². The van der Waals surface area contributed by atoms with E-state index in [1.165, 1.54) is 24.8 Å². The van der Waals surface area contributed by atoms with Gasteiger partial charge >= 0.3 is 0 Å². The largest absolute Gasteiger partial charge is 0.352 e. The monoisotopic (exact) mass is 356 g/mol. The Bertz CT molecular complexity index is 476. The van der Waals surface area contributed by atoms with Crippen molar-refractivity contribution in [3.63, 3.8) is 0 Å². The molecule has 2 aliphatic rings. The van der Waals surface area contributed by atoms with Crippen LogP contribution in [0.1, 0.15) is 37.7 Å². The highest BCUT2D eigenvalue weighted by Gasteiger charge is 2.40. The molecule has 20 heavy (non-hydrogen) atoms. The van der Waals surface area contributed by atoms with Crippen molar-refractivity contribution < 1.29 is 4.79 Å². The van der Waals surface area contributed by atoms with E-state index in [1.54, 1.807) is 11.3 Å². The summed E-state index contributed by atoms with van der Waals surface area (Å²) in [7, 11) is 0. The van der Waals surface area contributed by atoms with Gasteiger partial charge in [-0.2, -0.15) is 0 Å². The Balaban J connectivity index is 1.55. The molecule has 2 atom stereocenters. The second-order valence-electron chi connectivity index (χ2n) is 6.17. The fraction of sp³-hybridized carbons (Fsp3) is 0.667. The molecule has 1 aromatic rings. The lowest BCUT2D eigenvalue weighted by Crippen LogP contribution is -2.49. The SMILES string of the molecule is NC1C2CCCC1CC(C(=O)NCc1csc(Br)c1)C2. The molecule has 1 aromatic heterocycles. The highest BCUT2D eigenvalue weighted by molar-refractivity contribution is 9.11. The first-order valence-electron chi connectivity index (χ1n) is 7.39. The van der Waals surface area contributed by atoms with Gasteiger partial charge in [0.05, 0.1) is 3.79 Å². The number of nitrogens with two attached hydrogens (primary N) is 1. The molecular weight excluding hydrogens is 336 g/mol. The predicted molar refractivity (Wildman–Crippen MR) is 85.4 cm³/mol. The Morgan fingerprint density at radius 2 is 2.10 bits per heavy atom. The average molecular weight is 357 g/mol. The van der Waals surface area contributed by atoms with Gasteiger partial charge < -0.3 is 11.1 Å². The molecular formula is C15H21BrN2OS. The first kappa shape index (κ1) is 14.5. The molecule has 2 unspecified atom stereocenters. The zero-order valence-corrected chi connectivity index (χ0v) is 13.9. The summed E-state index contributed by atoms with van der Waals surface area (Å²) in [5.74, 6) is 1.52. The van der Waals surface area contributed by atoms with Crippen molar-refractivity contribution in [1.29, 1.82) is 0 Å². The molecule has 3 N–H and O–H groups in total. The Kier molecular flexibility index (Phi) is 4.48. The van der Waals surface area contributed by atoms with E-state index in [2.05, 4.69) is 32.7 Å². The summed E-state index contributed by atoms with van der Waals surface area (Å²) in [5, 5.41) is 5.17. The van der Waals surface area contributed by atoms with Crippen LogP contribution in [0.3, 0.4) is 0 Å². The lowest BCUT2D eigenvalue weighted by molar-refractivity contribution is -0.128. The van der Waals surface area contributed by atoms with Crippen molar-refractivity contribution in [1.82, 2.24) is 5.32 Å². The third-order valence-corrected chi connectivity index (χ3v) is 6.43. The zero-order valence-electron chi connectivity index (χ0n) is 11.5. The van der Waals surface area contributed by atoms with Crippen LogP contribution in [-0.4, -0.2) is 11.9 Å². The van der Waals surface area contributed by atoms with Crippen LogP contribution in [-0.2, 0) is 11.3 Å². The van der Waals surface area contributed by atoms with E-state index in [4.69, 9.17) is 5.73 Å². The molecule has 0 aromatic carbocycles. The fourth-order valence-corrected chi connectivity index (χ4v) is 4.98. The minimum atomic E-state index is 0.173. The molecule has 2 saturated carbocycles. The lowest BCUT2D eigenvalue weighted by Gasteiger charge is -2.43. The second-order valence-corrected chi connectivity index (χ2v) is 8.46. The quantitative estimate of drug-likeness (QED) is 0.872. The summed E-state index contributed by atoms with van der Waals surface area (Å²) in [4.78, 5) is 12.4. The molecule has 0 aliphatic heterocycles. The molecule has 0 spiro atoms. The van der Waals surface area contributed by atoms with Crippen molar-refractivity contribution in [2.24, 2.45) is 23.5 Å². The molecule has 0 saturated heterocycles. The number of thiophene rings is 1. The Labute approximate surface area is 132 Å². The van der Waals surface area contributed by atoms with Gasteiger partial charge in [0.1, 0.15) is 0 Å². The van der Waals surface area contributed by atoms with Gasteiger partial charge in [-0.25, -0.2) is 0 Å². The number of halogens is 1. The maximum Gasteiger partial charge on any atom is 0.223 e. The first-order valence-corrected chi connectivity index (χ1v) is 9.07. The summed E-state index contributed by atoms with van der Waals surface area (Å²) < 4.78 is 1.11. The van der Waals surface area contributed by atoms with E-state index in [-0.39, 0.29) is 11.8 Å². The minimum Gasteiger partial charge on any atom is -0.352 e. The molecule has 1 heterocycles. The zero-order chi connectivity index (χ0) is 14.1. The van der Waals surface area contributed by atoms with Crippen LogP contribution in [0, 0.1) is 17.8 Å². The van der Waals surface area contributed by atoms with E-state index in [0.717, 1.165) is 16.6 Å². The van der Waals surface area contributed by atoms with Crippen LogP contribution in [0.25, 0.3) is 0 Å². The number of carbonyl (C=O) groups is 1. The molecule has 5 heteroatoms. The maximum atomic E-state index is 12.4. The first-order chi connectivity index (χ1) is 9.63. The van der Waals surface area contributed by atoms with Crippen molar-refractivity contribution >= 4 is 33.2 Å². The normalized spacial score (nSPS) is 32.9. The summed E-state index contributed by atoms with van der Waals surface area (Å²) in [6.45, 7) is 0.638. The smallest absolute Gasteiger partial charge is 0.223 e. The molecule has 2 aliphatic carbocycles. The predicted octanol–water partition coefficient (Wildman–Crippen LogP) is 3.28. The van der Waals surface area contributed by atoms with Crippen LogP contribution >= 0.6 is 27.3 Å². The van der Waals surface area contributed by atoms with Gasteiger partial charge in [-0.05, 0) is 70.5 Å². The number of rotatable bonds is 3. The number of amides is 1. The van der Waals surface area contributed by atoms with E-state index in [1.807, 2.05) is 0 Å². The lowest BCUT2D eigenvalue weighted by atomic mass is 9.65. The fourth-order valence-electron chi connectivity index (χ4n) is 3.78. The number of nitrogens with one attached hydrogen (secondary N) is 1. The van der Waals surface area contributed by atoms with Crippen LogP contribution in [0.4, 0.5) is 0 Å². The number of hydrogen-bond donors (Lipinski definition) is 2. The van der Waals surface area contributed by atoms with Gasteiger partial charge in [0.25, 0.3) is 0 Å². The van der Waals surface area contributed by atoms with E-state index in [9.17, 15) is 4.79 Å². The third-order valence-electron chi connectivity index (χ3n) is 4.87. The summed E-state index contributed by atoms with van der Waals surface area (Å²) in [6.07, 6.45) is 5.67. The summed E-state index contributed by atoms with van der Waals surface area (Å²) >= 11 is 5.10. The van der Waals surface area contributed by atoms with Crippen LogP contribution < -0.4 is 11.1 Å². The van der Waals surface area contributed by atoms with E-state index < -0.39 is 0 Å². The van der Waals surface area contributed by atoms with Gasteiger partial charge in [0.15, 0.2) is 0 Å². The van der Waals surface area contributed by atoms with Crippen molar-refractivity contribution in [3.8, 4) is 0 Å². The molecule has 2 bridgehead atoms. The maximum absolute atomic E-state index is 12.4. The van der Waals surface area contributed by atoms with Crippen LogP contribution in [0.15, 0.2) is 15.2 Å². The number of hydrogen-bond acceptors (Lipinski definition) is 3. The van der Waals surface area contributed by atoms with Gasteiger partial charge in [0.2, 0.25) is 5.91 Å². The molecule has 3 rings (SSSR count). The highest BCUT2D eigenvalue weighted by atomic mass is 79.9. The molecule has 1 amide bonds. The highest BCUT2D eigenvalue weighted by Crippen LogP contribution is 2.41. The third kappa shape index (κ3) is 3.10. The molecule has 2 fully saturated rings. The van der Waals surface area contributed by atoms with Crippen LogP contribution in [0.2, 0.25) is 0 Å². The summed E-state index contributed by atoms with van der Waals surface area (Å²) in [5.41, 5.74) is 7.45. The molecule has 3 nitrogen and oxygen atoms in total. The Morgan fingerprint density at radius 3 is 2.70 bits per heavy atom. The van der Waals surface area contributed by atoms with Crippen LogP contribution in [0.5, 0.6) is 0 Å². The molecule has 0 radical (unpaired) electrons. The van der Waals surface area contributed by atoms with Gasteiger partial charge in [-0.15, -0.1) is 11.3 Å². The Hall–Kier alpha value is -0.390. The number of fused-ring (bicyclic) bond motifs is 2. The Morgan fingerprint density at radius 1 is 1.40 bits per heavy atom. The van der Waals surface area contributed by atoms with Gasteiger partial charge in [0, 0.05) is 18.5 Å². The molecule has 110 valence electrons. The second kappa shape index (κ2) is 6.16. The van der Waals surface area contributed by atoms with Crippen molar-refractivity contribution in [3.05, 3.63) is 20.8 Å². The van der Waals surface area contributed by atoms with Gasteiger partial charge in [-0.3, -0.25) is 4.79 Å². The summed E-state index contributed by atoms with van der Waals surface area (Å²) in [6, 6.07) is 2.40. The standard InChI is InChI=1S/C15H21BrN2OS/c16-13-4-9(8-20-13)7-18-15(19)12-5-10-2-1-3-11(6-12)14(10)17/h4,8,10-12,14H,1-3,5-7,17H2,(H,18,19). The van der Waals surface area contributed by atoms with Crippen molar-refractivity contribution in [2.75, 3.05) is 0 Å². The van der Waals surface area contributed by atoms with E-state index >= 15 is 0 Å². The van der Waals surface area contributed by atoms with Crippen molar-refractivity contribution in [2.45, 2.75) is 44.7 Å².